The van der Waals surface area contributed by atoms with Gasteiger partial charge in [0.2, 0.25) is 0 Å². The summed E-state index contributed by atoms with van der Waals surface area (Å²) in [6.07, 6.45) is 0. The lowest BCUT2D eigenvalue weighted by Gasteiger charge is -2.02. The minimum absolute atomic E-state index is 1.00. The molecular weight excluding hydrogens is 256 g/mol. The average Bonchev–Trinajstić information content (AvgIpc) is 2.74. The Balaban J connectivity index is 2.18. The number of imidazole rings is 1. The van der Waals surface area contributed by atoms with E-state index in [0.29, 0.717) is 0 Å². The van der Waals surface area contributed by atoms with Crippen LogP contribution in [-0.2, 0) is 13.6 Å². The van der Waals surface area contributed by atoms with Crippen molar-refractivity contribution in [1.82, 2.24) is 4.57 Å². The average molecular weight is 275 g/mol. The van der Waals surface area contributed by atoms with E-state index in [1.54, 1.807) is 0 Å². The largest absolute Gasteiger partial charge is 0.253 e. The molecule has 0 saturated carbocycles. The highest BCUT2D eigenvalue weighted by atomic mass is 15.1. The van der Waals surface area contributed by atoms with Crippen molar-refractivity contribution in [3.63, 3.8) is 0 Å². The summed E-state index contributed by atoms with van der Waals surface area (Å²) in [5.41, 5.74) is 2.62. The highest BCUT2D eigenvalue weighted by Gasteiger charge is 2.18. The monoisotopic (exact) mass is 275 g/mol. The van der Waals surface area contributed by atoms with Gasteiger partial charge in [0, 0.05) is 6.92 Å². The topological polar surface area (TPSA) is 8.81 Å². The lowest BCUT2D eigenvalue weighted by molar-refractivity contribution is -0.652. The van der Waals surface area contributed by atoms with Gasteiger partial charge in [0.25, 0.3) is 5.82 Å². The first kappa shape index (κ1) is 12.4. The van der Waals surface area contributed by atoms with E-state index in [2.05, 4.69) is 78.6 Å². The van der Waals surface area contributed by atoms with E-state index < -0.39 is 0 Å². The molecule has 0 amide bonds. The fraction of sp³-hybridized carbons (Fsp3) is 0.211. The van der Waals surface area contributed by atoms with Crippen molar-refractivity contribution in [1.29, 1.82) is 0 Å². The van der Waals surface area contributed by atoms with Gasteiger partial charge in [-0.15, -0.1) is 0 Å². The van der Waals surface area contributed by atoms with Gasteiger partial charge >= 0.3 is 0 Å². The molecule has 0 N–H and O–H groups in total. The summed E-state index contributed by atoms with van der Waals surface area (Å²) in [5, 5.41) is 5.23. The van der Waals surface area contributed by atoms with Crippen LogP contribution in [0.1, 0.15) is 12.7 Å². The predicted octanol–water partition coefficient (Wildman–Crippen LogP) is 4.10. The molecule has 1 heterocycles. The van der Waals surface area contributed by atoms with Crippen LogP contribution >= 0.6 is 0 Å². The zero-order valence-electron chi connectivity index (χ0n) is 12.7. The second-order valence-electron chi connectivity index (χ2n) is 5.74. The summed E-state index contributed by atoms with van der Waals surface area (Å²) in [6.45, 7) is 5.39. The van der Waals surface area contributed by atoms with Gasteiger partial charge in [-0.3, -0.25) is 0 Å². The second-order valence-corrected chi connectivity index (χ2v) is 5.74. The number of fused-ring (bicyclic) bond motifs is 3. The zero-order valence-corrected chi connectivity index (χ0v) is 12.7. The van der Waals surface area contributed by atoms with Crippen molar-refractivity contribution in [3.05, 3.63) is 54.4 Å². The predicted molar refractivity (Wildman–Crippen MR) is 88.5 cm³/mol. The van der Waals surface area contributed by atoms with Crippen molar-refractivity contribution in [2.24, 2.45) is 7.05 Å². The van der Waals surface area contributed by atoms with Crippen LogP contribution in [0.15, 0.2) is 48.5 Å². The Labute approximate surface area is 124 Å². The van der Waals surface area contributed by atoms with Crippen molar-refractivity contribution in [2.45, 2.75) is 20.4 Å². The molecule has 0 saturated heterocycles. The Morgan fingerprint density at radius 2 is 1.52 bits per heavy atom. The van der Waals surface area contributed by atoms with Crippen molar-refractivity contribution < 1.29 is 4.57 Å². The Bertz CT molecular complexity index is 993. The van der Waals surface area contributed by atoms with Gasteiger partial charge in [-0.25, -0.2) is 9.13 Å². The van der Waals surface area contributed by atoms with Crippen LogP contribution in [-0.4, -0.2) is 4.57 Å². The van der Waals surface area contributed by atoms with E-state index in [1.807, 2.05) is 0 Å². The van der Waals surface area contributed by atoms with Crippen LogP contribution in [0.25, 0.3) is 32.6 Å². The molecule has 21 heavy (non-hydrogen) atoms. The van der Waals surface area contributed by atoms with Crippen molar-refractivity contribution in [3.8, 4) is 0 Å². The van der Waals surface area contributed by atoms with Gasteiger partial charge in [-0.05, 0) is 52.7 Å². The SMILES string of the molecule is CCn1c(C)[n+](C)c2cc3cc4ccccc4cc3cc21. The number of aryl methyl sites for hydroxylation is 2. The number of aromatic nitrogens is 2. The number of hydrogen-bond donors (Lipinski definition) is 0. The lowest BCUT2D eigenvalue weighted by Crippen LogP contribution is -2.30. The first-order chi connectivity index (χ1) is 10.2. The quantitative estimate of drug-likeness (QED) is 0.365. The molecule has 4 aromatic rings. The van der Waals surface area contributed by atoms with Gasteiger partial charge in [0.15, 0.2) is 11.0 Å². The summed E-state index contributed by atoms with van der Waals surface area (Å²) in [7, 11) is 2.15. The zero-order chi connectivity index (χ0) is 14.6. The highest BCUT2D eigenvalue weighted by Crippen LogP contribution is 2.27. The number of nitrogens with zero attached hydrogens (tertiary/aromatic N) is 2. The maximum Gasteiger partial charge on any atom is 0.253 e. The minimum Gasteiger partial charge on any atom is -0.230 e. The van der Waals surface area contributed by atoms with E-state index in [4.69, 9.17) is 0 Å². The van der Waals surface area contributed by atoms with Gasteiger partial charge in [-0.2, -0.15) is 0 Å². The smallest absolute Gasteiger partial charge is 0.230 e. The van der Waals surface area contributed by atoms with E-state index in [-0.39, 0.29) is 0 Å². The molecule has 0 fully saturated rings. The first-order valence-electron chi connectivity index (χ1n) is 7.50. The van der Waals surface area contributed by atoms with E-state index >= 15 is 0 Å². The Morgan fingerprint density at radius 1 is 0.905 bits per heavy atom. The highest BCUT2D eigenvalue weighted by molar-refractivity contribution is 6.02. The van der Waals surface area contributed by atoms with E-state index in [0.717, 1.165) is 6.54 Å². The molecule has 0 spiro atoms. The third-order valence-corrected chi connectivity index (χ3v) is 4.64. The summed E-state index contributed by atoms with van der Waals surface area (Å²) >= 11 is 0. The number of hydrogen-bond acceptors (Lipinski definition) is 0. The molecule has 0 bridgehead atoms. The molecule has 104 valence electrons. The van der Waals surface area contributed by atoms with Gasteiger partial charge in [0.1, 0.15) is 0 Å². The maximum absolute atomic E-state index is 2.38. The van der Waals surface area contributed by atoms with Crippen molar-refractivity contribution in [2.75, 3.05) is 0 Å². The molecule has 0 radical (unpaired) electrons. The molecule has 0 aliphatic carbocycles. The molecule has 4 rings (SSSR count). The third kappa shape index (κ3) is 1.69. The molecule has 2 heteroatoms. The standard InChI is InChI=1S/C19H19N2/c1-4-21-13(2)20(3)18-11-16-9-14-7-5-6-8-15(14)10-17(16)12-19(18)21/h5-12H,4H2,1-3H3/q+1. The lowest BCUT2D eigenvalue weighted by atomic mass is 10.0. The van der Waals surface area contributed by atoms with Gasteiger partial charge < -0.3 is 0 Å². The summed E-state index contributed by atoms with van der Waals surface area (Å²) in [4.78, 5) is 0. The second kappa shape index (κ2) is 4.32. The van der Waals surface area contributed by atoms with Crippen LogP contribution in [0.5, 0.6) is 0 Å². The van der Waals surface area contributed by atoms with Crippen LogP contribution in [0.4, 0.5) is 0 Å². The van der Waals surface area contributed by atoms with Gasteiger partial charge in [-0.1, -0.05) is 24.3 Å². The molecular formula is C19H19N2+. The number of benzene rings is 3. The number of rotatable bonds is 1. The first-order valence-corrected chi connectivity index (χ1v) is 7.50. The molecule has 3 aromatic carbocycles. The molecule has 2 nitrogen and oxygen atoms in total. The summed E-state index contributed by atoms with van der Waals surface area (Å²) < 4.78 is 4.66. The van der Waals surface area contributed by atoms with Crippen LogP contribution in [0, 0.1) is 6.92 Å². The normalized spacial score (nSPS) is 11.8. The Kier molecular flexibility index (Phi) is 2.55. The minimum atomic E-state index is 1.00. The van der Waals surface area contributed by atoms with E-state index in [9.17, 15) is 0 Å². The summed E-state index contributed by atoms with van der Waals surface area (Å²) in [5.74, 6) is 1.30. The Hall–Kier alpha value is -2.35. The fourth-order valence-electron chi connectivity index (χ4n) is 3.38. The summed E-state index contributed by atoms with van der Waals surface area (Å²) in [6, 6.07) is 17.8. The third-order valence-electron chi connectivity index (χ3n) is 4.64. The fourth-order valence-corrected chi connectivity index (χ4v) is 3.38. The maximum atomic E-state index is 2.38. The van der Waals surface area contributed by atoms with Gasteiger partial charge in [0.05, 0.1) is 13.6 Å². The molecule has 1 aromatic heterocycles. The van der Waals surface area contributed by atoms with Crippen LogP contribution in [0.2, 0.25) is 0 Å². The Morgan fingerprint density at radius 3 is 2.14 bits per heavy atom. The van der Waals surface area contributed by atoms with Crippen molar-refractivity contribution >= 4 is 32.6 Å². The molecule has 0 aliphatic rings. The van der Waals surface area contributed by atoms with Crippen LogP contribution in [0.3, 0.4) is 0 Å². The molecule has 0 unspecified atom stereocenters. The van der Waals surface area contributed by atoms with E-state index in [1.165, 1.54) is 38.4 Å². The molecule has 0 atom stereocenters. The molecule has 0 aliphatic heterocycles. The van der Waals surface area contributed by atoms with Crippen LogP contribution < -0.4 is 4.57 Å².